The summed E-state index contributed by atoms with van der Waals surface area (Å²) in [7, 11) is 0. The number of hydrogen-bond acceptors (Lipinski definition) is 0. The molecule has 35 valence electrons. The van der Waals surface area contributed by atoms with E-state index in [0.29, 0.717) is 5.88 Å². The van der Waals surface area contributed by atoms with Crippen LogP contribution in [0.3, 0.4) is 0 Å². The van der Waals surface area contributed by atoms with Gasteiger partial charge in [-0.3, -0.25) is 0 Å². The Morgan fingerprint density at radius 1 is 1.83 bits per heavy atom. The Kier molecular flexibility index (Phi) is 4.01. The van der Waals surface area contributed by atoms with E-state index in [1.165, 1.54) is 0 Å². The van der Waals surface area contributed by atoms with Crippen molar-refractivity contribution in [1.29, 1.82) is 0 Å². The zero-order valence-electron chi connectivity index (χ0n) is 3.25. The van der Waals surface area contributed by atoms with E-state index in [4.69, 9.17) is 18.2 Å². The van der Waals surface area contributed by atoms with Gasteiger partial charge in [0, 0.05) is 5.88 Å². The summed E-state index contributed by atoms with van der Waals surface area (Å²) < 4.78 is 0.720. The van der Waals surface area contributed by atoms with Gasteiger partial charge in [0.05, 0.1) is 0 Å². The van der Waals surface area contributed by atoms with Crippen molar-refractivity contribution < 1.29 is 0 Å². The van der Waals surface area contributed by atoms with E-state index in [0.717, 1.165) is 10.9 Å². The highest BCUT2D eigenvalue weighted by atomic mass is 79.9. The van der Waals surface area contributed by atoms with Crippen molar-refractivity contribution in [3.63, 3.8) is 0 Å². The number of rotatable bonds is 2. The third-order valence-corrected chi connectivity index (χ3v) is 0.919. The maximum atomic E-state index is 5.27. The van der Waals surface area contributed by atoms with E-state index < -0.39 is 0 Å². The molecule has 6 heavy (non-hydrogen) atoms. The lowest BCUT2D eigenvalue weighted by Crippen LogP contribution is -1.68. The SMILES string of the molecule is [CH]=C(Br)CCCl. The quantitative estimate of drug-likeness (QED) is 0.555. The summed E-state index contributed by atoms with van der Waals surface area (Å²) in [6, 6.07) is 0. The van der Waals surface area contributed by atoms with E-state index in [1.54, 1.807) is 0 Å². The number of hydrogen-bond donors (Lipinski definition) is 0. The van der Waals surface area contributed by atoms with Gasteiger partial charge in [0.15, 0.2) is 0 Å². The molecule has 0 amide bonds. The summed E-state index contributed by atoms with van der Waals surface area (Å²) in [4.78, 5) is 0. The summed E-state index contributed by atoms with van der Waals surface area (Å²) >= 11 is 8.31. The lowest BCUT2D eigenvalue weighted by Gasteiger charge is -1.82. The molecule has 0 saturated heterocycles. The first-order valence-corrected chi connectivity index (χ1v) is 2.93. The maximum absolute atomic E-state index is 5.27. The molecule has 0 fully saturated rings. The van der Waals surface area contributed by atoms with Gasteiger partial charge in [0.2, 0.25) is 0 Å². The van der Waals surface area contributed by atoms with Crippen molar-refractivity contribution in [2.24, 2.45) is 0 Å². The highest BCUT2D eigenvalue weighted by Crippen LogP contribution is 2.05. The van der Waals surface area contributed by atoms with Gasteiger partial charge in [-0.1, -0.05) is 22.5 Å². The Morgan fingerprint density at radius 2 is 2.33 bits per heavy atom. The van der Waals surface area contributed by atoms with Gasteiger partial charge < -0.3 is 0 Å². The minimum absolute atomic E-state index is 0.594. The normalized spacial score (nSPS) is 8.33. The Bertz CT molecular complexity index is 51.5. The molecule has 0 nitrogen and oxygen atoms in total. The first kappa shape index (κ1) is 6.51. The molecule has 0 aliphatic rings. The largest absolute Gasteiger partial charge is 0.126 e. The summed E-state index contributed by atoms with van der Waals surface area (Å²) in [6.07, 6.45) is 0.752. The van der Waals surface area contributed by atoms with Crippen LogP contribution in [0.25, 0.3) is 0 Å². The van der Waals surface area contributed by atoms with E-state index in [1.807, 2.05) is 0 Å². The van der Waals surface area contributed by atoms with Crippen LogP contribution in [0.15, 0.2) is 4.48 Å². The zero-order valence-corrected chi connectivity index (χ0v) is 5.59. The van der Waals surface area contributed by atoms with Crippen LogP contribution in [-0.2, 0) is 0 Å². The van der Waals surface area contributed by atoms with E-state index in [-0.39, 0.29) is 0 Å². The van der Waals surface area contributed by atoms with Crippen LogP contribution in [0.5, 0.6) is 0 Å². The second-order valence-corrected chi connectivity index (χ2v) is 2.28. The Labute approximate surface area is 51.3 Å². The predicted molar refractivity (Wildman–Crippen MR) is 32.1 cm³/mol. The fourth-order valence-corrected chi connectivity index (χ4v) is 0.720. The summed E-state index contributed by atoms with van der Waals surface area (Å²) in [5, 5.41) is 0. The third-order valence-electron chi connectivity index (χ3n) is 0.333. The molecule has 0 saturated carbocycles. The molecule has 1 radical (unpaired) electrons. The van der Waals surface area contributed by atoms with Crippen LogP contribution in [0.1, 0.15) is 6.42 Å². The van der Waals surface area contributed by atoms with E-state index in [9.17, 15) is 0 Å². The highest BCUT2D eigenvalue weighted by molar-refractivity contribution is 9.11. The first-order valence-electron chi connectivity index (χ1n) is 1.60. The standard InChI is InChI=1S/C4H5BrCl/c1-4(5)2-3-6/h1H,2-3H2. The fraction of sp³-hybridized carbons (Fsp3) is 0.500. The van der Waals surface area contributed by atoms with Gasteiger partial charge in [-0.2, -0.15) is 0 Å². The van der Waals surface area contributed by atoms with Crippen LogP contribution < -0.4 is 0 Å². The molecule has 0 aromatic rings. The van der Waals surface area contributed by atoms with Gasteiger partial charge in [0.1, 0.15) is 0 Å². The average molecular weight is 168 g/mol. The molecule has 0 heterocycles. The lowest BCUT2D eigenvalue weighted by atomic mass is 10.5. The van der Waals surface area contributed by atoms with Gasteiger partial charge >= 0.3 is 0 Å². The fourth-order valence-electron chi connectivity index (χ4n) is 0.0903. The van der Waals surface area contributed by atoms with E-state index >= 15 is 0 Å². The second kappa shape index (κ2) is 3.69. The molecule has 0 N–H and O–H groups in total. The Balaban J connectivity index is 2.83. The third kappa shape index (κ3) is 4.51. The maximum Gasteiger partial charge on any atom is 0.0269 e. The average Bonchev–Trinajstić information content (AvgIpc) is 1.35. The summed E-state index contributed by atoms with van der Waals surface area (Å²) in [5.74, 6) is 0.594. The zero-order chi connectivity index (χ0) is 4.99. The van der Waals surface area contributed by atoms with Crippen LogP contribution >= 0.6 is 27.5 Å². The van der Waals surface area contributed by atoms with Gasteiger partial charge in [0.25, 0.3) is 0 Å². The lowest BCUT2D eigenvalue weighted by molar-refractivity contribution is 1.22. The van der Waals surface area contributed by atoms with Crippen molar-refractivity contribution in [2.45, 2.75) is 6.42 Å². The molecule has 0 atom stereocenters. The topological polar surface area (TPSA) is 0 Å². The molecular formula is C4H5BrCl. The van der Waals surface area contributed by atoms with E-state index in [2.05, 4.69) is 15.9 Å². The molecule has 0 aliphatic heterocycles. The van der Waals surface area contributed by atoms with Crippen LogP contribution in [-0.4, -0.2) is 5.88 Å². The van der Waals surface area contributed by atoms with Gasteiger partial charge in [-0.05, 0) is 10.9 Å². The van der Waals surface area contributed by atoms with Crippen molar-refractivity contribution in [1.82, 2.24) is 0 Å². The molecule has 0 unspecified atom stereocenters. The summed E-state index contributed by atoms with van der Waals surface area (Å²) in [5.41, 5.74) is 0. The minimum Gasteiger partial charge on any atom is -0.126 e. The van der Waals surface area contributed by atoms with Gasteiger partial charge in [-0.25, -0.2) is 0 Å². The van der Waals surface area contributed by atoms with Crippen LogP contribution in [0, 0.1) is 6.58 Å². The molecule has 0 aromatic heterocycles. The molecule has 0 spiro atoms. The number of alkyl halides is 1. The van der Waals surface area contributed by atoms with Crippen LogP contribution in [0.2, 0.25) is 0 Å². The molecule has 0 rings (SSSR count). The Hall–Kier alpha value is 0.510. The molecular weight excluding hydrogens is 163 g/mol. The second-order valence-electron chi connectivity index (χ2n) is 0.886. The predicted octanol–water partition coefficient (Wildman–Crippen LogP) is 2.33. The molecule has 2 heteroatoms. The highest BCUT2D eigenvalue weighted by Gasteiger charge is 1.80. The van der Waals surface area contributed by atoms with Crippen molar-refractivity contribution >= 4 is 27.5 Å². The first-order chi connectivity index (χ1) is 2.77. The number of halogens is 2. The smallest absolute Gasteiger partial charge is 0.0269 e. The van der Waals surface area contributed by atoms with Crippen molar-refractivity contribution in [3.05, 3.63) is 11.1 Å². The summed E-state index contributed by atoms with van der Waals surface area (Å²) in [6.45, 7) is 5.15. The molecule has 0 bridgehead atoms. The monoisotopic (exact) mass is 167 g/mol. The van der Waals surface area contributed by atoms with Crippen molar-refractivity contribution in [3.8, 4) is 0 Å². The minimum atomic E-state index is 0.594. The van der Waals surface area contributed by atoms with Gasteiger partial charge in [-0.15, -0.1) is 11.6 Å². The molecule has 0 aromatic carbocycles. The molecule has 0 aliphatic carbocycles. The Morgan fingerprint density at radius 3 is 2.33 bits per heavy atom. The van der Waals surface area contributed by atoms with Crippen molar-refractivity contribution in [2.75, 3.05) is 5.88 Å². The van der Waals surface area contributed by atoms with Crippen LogP contribution in [0.4, 0.5) is 0 Å². The number of allylic oxidation sites excluding steroid dienone is 1.